The average Bonchev–Trinajstić information content (AvgIpc) is 2.89. The molecule has 23 heavy (non-hydrogen) atoms. The van der Waals surface area contributed by atoms with Gasteiger partial charge in [0.2, 0.25) is 0 Å². The van der Waals surface area contributed by atoms with Gasteiger partial charge in [-0.2, -0.15) is 0 Å². The molecule has 2 fully saturated rings. The molecule has 0 bridgehead atoms. The summed E-state index contributed by atoms with van der Waals surface area (Å²) >= 11 is 0. The topological polar surface area (TPSA) is 80.3 Å². The second kappa shape index (κ2) is 7.45. The summed E-state index contributed by atoms with van der Waals surface area (Å²) in [5, 5.41) is 5.57. The van der Waals surface area contributed by atoms with Crippen molar-refractivity contribution >= 4 is 17.9 Å². The van der Waals surface area contributed by atoms with Gasteiger partial charge in [0.05, 0.1) is 6.54 Å². The second-order valence-electron chi connectivity index (χ2n) is 5.61. The Kier molecular flexibility index (Phi) is 5.59. The molecule has 2 heterocycles. The first-order valence-electron chi connectivity index (χ1n) is 8.02. The maximum atomic E-state index is 12.2. The molecular weight excluding hydrogens is 296 g/mol. The molecule has 2 aliphatic heterocycles. The number of likely N-dealkylation sites (N-methyl/N-ethyl adjacent to an activating group) is 2. The third-order valence-corrected chi connectivity index (χ3v) is 4.32. The number of imide groups is 1. The highest BCUT2D eigenvalue weighted by Gasteiger charge is 2.49. The van der Waals surface area contributed by atoms with E-state index in [1.165, 1.54) is 4.90 Å². The van der Waals surface area contributed by atoms with Crippen LogP contribution in [0.15, 0.2) is 17.6 Å². The zero-order valence-corrected chi connectivity index (χ0v) is 14.1. The van der Waals surface area contributed by atoms with Crippen LogP contribution in [0.5, 0.6) is 0 Å². The molecule has 2 aliphatic rings. The standard InChI is InChI=1S/C15H26N6O2/c1-5-9-21-11-12(19(4)15(23)18-13(11)22)17-14(21)16-8-10-20(6-2)7-3/h5,11-12H,1,6-10H2,2-4H3,(H,16,17)(H,18,22,23). The van der Waals surface area contributed by atoms with Crippen LogP contribution in [0.4, 0.5) is 4.79 Å². The van der Waals surface area contributed by atoms with E-state index in [1.807, 2.05) is 4.90 Å². The molecule has 2 saturated heterocycles. The van der Waals surface area contributed by atoms with Crippen molar-refractivity contribution in [2.75, 3.05) is 39.8 Å². The molecule has 2 N–H and O–H groups in total. The molecular formula is C15H26N6O2. The Bertz CT molecular complexity index is 502. The zero-order chi connectivity index (χ0) is 17.0. The summed E-state index contributed by atoms with van der Waals surface area (Å²) in [6, 6.07) is -0.880. The molecule has 3 amide bonds. The summed E-state index contributed by atoms with van der Waals surface area (Å²) < 4.78 is 0. The first-order chi connectivity index (χ1) is 11.0. The van der Waals surface area contributed by atoms with E-state index in [2.05, 4.69) is 41.0 Å². The second-order valence-corrected chi connectivity index (χ2v) is 5.61. The molecule has 2 atom stereocenters. The largest absolute Gasteiger partial charge is 0.333 e. The lowest BCUT2D eigenvalue weighted by Crippen LogP contribution is -2.64. The van der Waals surface area contributed by atoms with Crippen LogP contribution in [0.2, 0.25) is 0 Å². The highest BCUT2D eigenvalue weighted by atomic mass is 16.2. The number of rotatable bonds is 7. The molecule has 0 radical (unpaired) electrons. The van der Waals surface area contributed by atoms with Gasteiger partial charge in [0.1, 0.15) is 6.17 Å². The molecule has 2 rings (SSSR count). The molecule has 0 aromatic carbocycles. The summed E-state index contributed by atoms with van der Waals surface area (Å²) in [5.74, 6) is 0.338. The molecule has 128 valence electrons. The lowest BCUT2D eigenvalue weighted by atomic mass is 10.1. The maximum absolute atomic E-state index is 12.2. The van der Waals surface area contributed by atoms with Crippen molar-refractivity contribution in [2.45, 2.75) is 26.1 Å². The van der Waals surface area contributed by atoms with E-state index in [0.717, 1.165) is 19.6 Å². The van der Waals surface area contributed by atoms with E-state index in [0.29, 0.717) is 19.0 Å². The van der Waals surface area contributed by atoms with Gasteiger partial charge in [0.15, 0.2) is 12.0 Å². The zero-order valence-electron chi connectivity index (χ0n) is 14.1. The van der Waals surface area contributed by atoms with Gasteiger partial charge >= 0.3 is 6.03 Å². The fourth-order valence-electron chi connectivity index (χ4n) is 2.90. The Morgan fingerprint density at radius 3 is 2.65 bits per heavy atom. The van der Waals surface area contributed by atoms with Crippen LogP contribution in [0.3, 0.4) is 0 Å². The van der Waals surface area contributed by atoms with Crippen molar-refractivity contribution in [1.82, 2.24) is 25.3 Å². The molecule has 0 aromatic rings. The minimum absolute atomic E-state index is 0.304. The number of carbonyl (C=O) groups is 2. The van der Waals surface area contributed by atoms with Crippen molar-refractivity contribution < 1.29 is 9.59 Å². The Morgan fingerprint density at radius 2 is 2.04 bits per heavy atom. The van der Waals surface area contributed by atoms with Crippen LogP contribution in [-0.2, 0) is 4.79 Å². The van der Waals surface area contributed by atoms with Crippen molar-refractivity contribution in [3.05, 3.63) is 12.7 Å². The van der Waals surface area contributed by atoms with E-state index in [-0.39, 0.29) is 5.91 Å². The van der Waals surface area contributed by atoms with E-state index >= 15 is 0 Å². The lowest BCUT2D eigenvalue weighted by molar-refractivity contribution is -0.126. The SMILES string of the molecule is C=CCN1C(=NCCN(CC)CC)NC2C1C(=O)NC(=O)N2C. The Labute approximate surface area is 137 Å². The van der Waals surface area contributed by atoms with Gasteiger partial charge < -0.3 is 20.0 Å². The highest BCUT2D eigenvalue weighted by Crippen LogP contribution is 2.20. The van der Waals surface area contributed by atoms with Crippen LogP contribution < -0.4 is 10.6 Å². The first kappa shape index (κ1) is 17.3. The van der Waals surface area contributed by atoms with Gasteiger partial charge in [-0.25, -0.2) is 4.79 Å². The molecule has 0 aliphatic carbocycles. The van der Waals surface area contributed by atoms with Gasteiger partial charge in [-0.1, -0.05) is 19.9 Å². The first-order valence-corrected chi connectivity index (χ1v) is 8.02. The van der Waals surface area contributed by atoms with E-state index in [1.54, 1.807) is 13.1 Å². The average molecular weight is 322 g/mol. The van der Waals surface area contributed by atoms with Crippen molar-refractivity contribution in [3.8, 4) is 0 Å². The number of aliphatic imine (C=N–C) groups is 1. The molecule has 0 spiro atoms. The minimum atomic E-state index is -0.483. The van der Waals surface area contributed by atoms with Crippen LogP contribution >= 0.6 is 0 Å². The van der Waals surface area contributed by atoms with Crippen LogP contribution in [0, 0.1) is 0 Å². The number of nitrogens with one attached hydrogen (secondary N) is 2. The number of urea groups is 1. The third kappa shape index (κ3) is 3.47. The number of nitrogens with zero attached hydrogens (tertiary/aromatic N) is 4. The van der Waals surface area contributed by atoms with Crippen molar-refractivity contribution in [3.63, 3.8) is 0 Å². The number of carbonyl (C=O) groups excluding carboxylic acids is 2. The van der Waals surface area contributed by atoms with Gasteiger partial charge in [-0.3, -0.25) is 15.1 Å². The fourth-order valence-corrected chi connectivity index (χ4v) is 2.90. The third-order valence-electron chi connectivity index (χ3n) is 4.32. The normalized spacial score (nSPS) is 25.7. The van der Waals surface area contributed by atoms with Crippen LogP contribution in [-0.4, -0.2) is 84.6 Å². The molecule has 8 nitrogen and oxygen atoms in total. The Morgan fingerprint density at radius 1 is 1.35 bits per heavy atom. The fraction of sp³-hybridized carbons (Fsp3) is 0.667. The Balaban J connectivity index is 2.14. The number of fused-ring (bicyclic) bond motifs is 1. The van der Waals surface area contributed by atoms with Crippen LogP contribution in [0.25, 0.3) is 0 Å². The summed E-state index contributed by atoms with van der Waals surface area (Å²) in [6.45, 7) is 11.9. The van der Waals surface area contributed by atoms with Gasteiger partial charge in [-0.15, -0.1) is 6.58 Å². The van der Waals surface area contributed by atoms with E-state index < -0.39 is 18.2 Å². The number of hydrogen-bond acceptors (Lipinski definition) is 4. The smallest absolute Gasteiger partial charge is 0.325 e. The van der Waals surface area contributed by atoms with Crippen molar-refractivity contribution in [2.24, 2.45) is 4.99 Å². The van der Waals surface area contributed by atoms with Gasteiger partial charge in [0, 0.05) is 20.1 Å². The van der Waals surface area contributed by atoms with Gasteiger partial charge in [-0.05, 0) is 13.1 Å². The van der Waals surface area contributed by atoms with Gasteiger partial charge in [0.25, 0.3) is 5.91 Å². The molecule has 0 aromatic heterocycles. The number of amides is 3. The minimum Gasteiger partial charge on any atom is -0.333 e. The highest BCUT2D eigenvalue weighted by molar-refractivity contribution is 6.04. The van der Waals surface area contributed by atoms with Crippen LogP contribution in [0.1, 0.15) is 13.8 Å². The molecule has 0 saturated carbocycles. The summed E-state index contributed by atoms with van der Waals surface area (Å²) in [7, 11) is 1.66. The van der Waals surface area contributed by atoms with E-state index in [9.17, 15) is 9.59 Å². The number of guanidine groups is 1. The summed E-state index contributed by atoms with van der Waals surface area (Å²) in [4.78, 5) is 34.2. The maximum Gasteiger partial charge on any atom is 0.325 e. The summed E-state index contributed by atoms with van der Waals surface area (Å²) in [5.41, 5.74) is 0. The number of hydrogen-bond donors (Lipinski definition) is 2. The van der Waals surface area contributed by atoms with Crippen molar-refractivity contribution in [1.29, 1.82) is 0 Å². The lowest BCUT2D eigenvalue weighted by Gasteiger charge is -2.35. The molecule has 2 unspecified atom stereocenters. The molecule has 8 heteroatoms. The predicted octanol–water partition coefficient (Wildman–Crippen LogP) is -0.348. The summed E-state index contributed by atoms with van der Waals surface area (Å²) in [6.07, 6.45) is 1.33. The Hall–Kier alpha value is -2.09. The van der Waals surface area contributed by atoms with E-state index in [4.69, 9.17) is 0 Å². The quantitative estimate of drug-likeness (QED) is 0.627. The monoisotopic (exact) mass is 322 g/mol. The predicted molar refractivity (Wildman–Crippen MR) is 89.0 cm³/mol.